The van der Waals surface area contributed by atoms with E-state index in [2.05, 4.69) is 64.4 Å². The molecule has 0 saturated carbocycles. The van der Waals surface area contributed by atoms with Crippen LogP contribution in [0, 0.1) is 5.92 Å². The van der Waals surface area contributed by atoms with E-state index < -0.39 is 0 Å². The van der Waals surface area contributed by atoms with Crippen molar-refractivity contribution in [2.45, 2.75) is 32.2 Å². The Morgan fingerprint density at radius 2 is 2.05 bits per heavy atom. The van der Waals surface area contributed by atoms with Crippen molar-refractivity contribution in [1.29, 1.82) is 0 Å². The minimum atomic E-state index is 0. The summed E-state index contributed by atoms with van der Waals surface area (Å²) in [5.41, 5.74) is 1.45. The molecule has 0 amide bonds. The summed E-state index contributed by atoms with van der Waals surface area (Å²) in [5.74, 6) is 0.809. The third-order valence-corrected chi connectivity index (χ3v) is 4.65. The number of benzene rings is 1. The predicted octanol–water partition coefficient (Wildman–Crippen LogP) is 4.25. The summed E-state index contributed by atoms with van der Waals surface area (Å²) in [4.78, 5) is 2.68. The maximum atomic E-state index is 3.52. The SMILES string of the molecule is CCC(c1ccc(Br)cc1)N1CCCC(CNC)C1.Cl. The van der Waals surface area contributed by atoms with Gasteiger partial charge in [0.2, 0.25) is 0 Å². The molecule has 1 aromatic carbocycles. The van der Waals surface area contributed by atoms with E-state index in [9.17, 15) is 0 Å². The van der Waals surface area contributed by atoms with Crippen LogP contribution in [0.5, 0.6) is 0 Å². The van der Waals surface area contributed by atoms with E-state index in [-0.39, 0.29) is 12.4 Å². The second-order valence-corrected chi connectivity index (χ2v) is 6.45. The Bertz CT molecular complexity index is 381. The average Bonchev–Trinajstić information content (AvgIpc) is 2.43. The highest BCUT2D eigenvalue weighted by Crippen LogP contribution is 2.29. The summed E-state index contributed by atoms with van der Waals surface area (Å²) in [5, 5.41) is 3.33. The fraction of sp³-hybridized carbons (Fsp3) is 0.625. The van der Waals surface area contributed by atoms with Crippen LogP contribution >= 0.6 is 28.3 Å². The second kappa shape index (κ2) is 9.04. The maximum absolute atomic E-state index is 3.52. The van der Waals surface area contributed by atoms with Crippen molar-refractivity contribution >= 4 is 28.3 Å². The fourth-order valence-electron chi connectivity index (χ4n) is 3.23. The van der Waals surface area contributed by atoms with Crippen molar-refractivity contribution in [3.8, 4) is 0 Å². The normalized spacial score (nSPS) is 21.2. The van der Waals surface area contributed by atoms with Crippen LogP contribution in [-0.2, 0) is 0 Å². The Morgan fingerprint density at radius 1 is 1.35 bits per heavy atom. The molecule has 0 bridgehead atoms. The van der Waals surface area contributed by atoms with Gasteiger partial charge in [-0.2, -0.15) is 0 Å². The first-order valence-corrected chi connectivity index (χ1v) is 8.18. The number of nitrogens with one attached hydrogen (secondary N) is 1. The van der Waals surface area contributed by atoms with Crippen LogP contribution in [0.1, 0.15) is 37.8 Å². The molecule has 2 unspecified atom stereocenters. The molecule has 1 saturated heterocycles. The molecular weight excluding hydrogens is 336 g/mol. The van der Waals surface area contributed by atoms with Crippen molar-refractivity contribution in [3.05, 3.63) is 34.3 Å². The van der Waals surface area contributed by atoms with E-state index in [0.29, 0.717) is 6.04 Å². The van der Waals surface area contributed by atoms with Gasteiger partial charge in [0.25, 0.3) is 0 Å². The van der Waals surface area contributed by atoms with Gasteiger partial charge >= 0.3 is 0 Å². The molecule has 0 aliphatic carbocycles. The summed E-state index contributed by atoms with van der Waals surface area (Å²) < 4.78 is 1.16. The number of hydrogen-bond donors (Lipinski definition) is 1. The summed E-state index contributed by atoms with van der Waals surface area (Å²) >= 11 is 3.52. The van der Waals surface area contributed by atoms with Gasteiger partial charge in [-0.1, -0.05) is 35.0 Å². The zero-order valence-electron chi connectivity index (χ0n) is 12.4. The first-order chi connectivity index (χ1) is 9.24. The van der Waals surface area contributed by atoms with Gasteiger partial charge in [0.15, 0.2) is 0 Å². The highest BCUT2D eigenvalue weighted by atomic mass is 79.9. The summed E-state index contributed by atoms with van der Waals surface area (Å²) in [6.45, 7) is 5.92. The van der Waals surface area contributed by atoms with Gasteiger partial charge in [0, 0.05) is 17.1 Å². The Balaban J connectivity index is 0.00000200. The van der Waals surface area contributed by atoms with E-state index in [1.54, 1.807) is 0 Å². The van der Waals surface area contributed by atoms with E-state index >= 15 is 0 Å². The molecular formula is C16H26BrClN2. The Kier molecular flexibility index (Phi) is 8.11. The number of rotatable bonds is 5. The quantitative estimate of drug-likeness (QED) is 0.843. The Morgan fingerprint density at radius 3 is 2.65 bits per heavy atom. The molecule has 0 spiro atoms. The second-order valence-electron chi connectivity index (χ2n) is 5.54. The van der Waals surface area contributed by atoms with Crippen LogP contribution in [0.15, 0.2) is 28.7 Å². The van der Waals surface area contributed by atoms with Gasteiger partial charge in [-0.05, 0) is 63.0 Å². The third-order valence-electron chi connectivity index (χ3n) is 4.13. The first-order valence-electron chi connectivity index (χ1n) is 7.38. The molecule has 4 heteroatoms. The monoisotopic (exact) mass is 360 g/mol. The number of likely N-dealkylation sites (tertiary alicyclic amines) is 1. The van der Waals surface area contributed by atoms with Gasteiger partial charge in [0.1, 0.15) is 0 Å². The highest BCUT2D eigenvalue weighted by Gasteiger charge is 2.25. The molecule has 2 rings (SSSR count). The summed E-state index contributed by atoms with van der Waals surface area (Å²) in [6, 6.07) is 9.42. The van der Waals surface area contributed by atoms with Crippen LogP contribution in [0.25, 0.3) is 0 Å². The molecule has 1 aliphatic rings. The van der Waals surface area contributed by atoms with Gasteiger partial charge in [-0.3, -0.25) is 4.90 Å². The predicted molar refractivity (Wildman–Crippen MR) is 92.6 cm³/mol. The lowest BCUT2D eigenvalue weighted by atomic mass is 9.94. The zero-order chi connectivity index (χ0) is 13.7. The lowest BCUT2D eigenvalue weighted by Gasteiger charge is -2.38. The van der Waals surface area contributed by atoms with E-state index in [4.69, 9.17) is 0 Å². The lowest BCUT2D eigenvalue weighted by molar-refractivity contribution is 0.119. The molecule has 1 aromatic rings. The largest absolute Gasteiger partial charge is 0.319 e. The van der Waals surface area contributed by atoms with Crippen molar-refractivity contribution in [1.82, 2.24) is 10.2 Å². The number of piperidine rings is 1. The van der Waals surface area contributed by atoms with Crippen LogP contribution in [0.2, 0.25) is 0 Å². The Hall–Kier alpha value is -0.0900. The van der Waals surface area contributed by atoms with Gasteiger partial charge < -0.3 is 5.32 Å². The number of halogens is 2. The molecule has 1 N–H and O–H groups in total. The molecule has 2 atom stereocenters. The summed E-state index contributed by atoms with van der Waals surface area (Å²) in [7, 11) is 2.06. The van der Waals surface area contributed by atoms with Gasteiger partial charge in [-0.15, -0.1) is 12.4 Å². The van der Waals surface area contributed by atoms with Crippen LogP contribution in [-0.4, -0.2) is 31.6 Å². The average molecular weight is 362 g/mol. The molecule has 2 nitrogen and oxygen atoms in total. The van der Waals surface area contributed by atoms with Crippen LogP contribution in [0.3, 0.4) is 0 Å². The minimum Gasteiger partial charge on any atom is -0.319 e. The topological polar surface area (TPSA) is 15.3 Å². The standard InChI is InChI=1S/C16H25BrN2.ClH/c1-3-16(14-6-8-15(17)9-7-14)19-10-4-5-13(12-19)11-18-2;/h6-9,13,16,18H,3-5,10-12H2,1-2H3;1H. The highest BCUT2D eigenvalue weighted by molar-refractivity contribution is 9.10. The molecule has 20 heavy (non-hydrogen) atoms. The smallest absolute Gasteiger partial charge is 0.0345 e. The van der Waals surface area contributed by atoms with Crippen LogP contribution in [0.4, 0.5) is 0 Å². The fourth-order valence-corrected chi connectivity index (χ4v) is 3.49. The zero-order valence-corrected chi connectivity index (χ0v) is 14.8. The molecule has 1 aliphatic heterocycles. The molecule has 1 heterocycles. The van der Waals surface area contributed by atoms with Crippen molar-refractivity contribution in [3.63, 3.8) is 0 Å². The van der Waals surface area contributed by atoms with Crippen LogP contribution < -0.4 is 5.32 Å². The van der Waals surface area contributed by atoms with Gasteiger partial charge in [-0.25, -0.2) is 0 Å². The van der Waals surface area contributed by atoms with E-state index in [0.717, 1.165) is 16.9 Å². The van der Waals surface area contributed by atoms with E-state index in [1.807, 2.05) is 0 Å². The first kappa shape index (κ1) is 18.0. The molecule has 114 valence electrons. The third kappa shape index (κ3) is 4.73. The van der Waals surface area contributed by atoms with Gasteiger partial charge in [0.05, 0.1) is 0 Å². The van der Waals surface area contributed by atoms with Crippen molar-refractivity contribution in [2.75, 3.05) is 26.7 Å². The lowest BCUT2D eigenvalue weighted by Crippen LogP contribution is -2.41. The molecule has 0 radical (unpaired) electrons. The number of nitrogens with zero attached hydrogens (tertiary/aromatic N) is 1. The molecule has 0 aromatic heterocycles. The number of hydrogen-bond acceptors (Lipinski definition) is 2. The molecule has 1 fully saturated rings. The van der Waals surface area contributed by atoms with E-state index in [1.165, 1.54) is 37.9 Å². The summed E-state index contributed by atoms with van der Waals surface area (Å²) in [6.07, 6.45) is 3.89. The van der Waals surface area contributed by atoms with Crippen molar-refractivity contribution < 1.29 is 0 Å². The minimum absolute atomic E-state index is 0. The maximum Gasteiger partial charge on any atom is 0.0345 e. The van der Waals surface area contributed by atoms with Crippen molar-refractivity contribution in [2.24, 2.45) is 5.92 Å². The Labute approximate surface area is 137 Å².